The molecule has 1 rings (SSSR count). The summed E-state index contributed by atoms with van der Waals surface area (Å²) in [7, 11) is 0. The number of esters is 2. The number of aromatic hydroxyl groups is 2. The maximum absolute atomic E-state index is 11.2. The predicted molar refractivity (Wildman–Crippen MR) is 49.2 cm³/mol. The van der Waals surface area contributed by atoms with Gasteiger partial charge in [0, 0.05) is 0 Å². The van der Waals surface area contributed by atoms with Gasteiger partial charge < -0.3 is 20.7 Å². The molecule has 0 aliphatic rings. The quantitative estimate of drug-likeness (QED) is 0.353. The summed E-state index contributed by atoms with van der Waals surface area (Å²) in [5.41, 5.74) is 4.63. The van der Waals surface area contributed by atoms with Gasteiger partial charge in [0.1, 0.15) is 5.56 Å². The Hall–Kier alpha value is -2.08. The van der Waals surface area contributed by atoms with E-state index in [2.05, 4.69) is 4.74 Å². The van der Waals surface area contributed by atoms with Gasteiger partial charge in [0.25, 0.3) is 0 Å². The van der Waals surface area contributed by atoms with Gasteiger partial charge in [-0.3, -0.25) is 4.79 Å². The van der Waals surface area contributed by atoms with E-state index in [9.17, 15) is 14.7 Å². The molecular formula is C9H9NO5. The molecule has 80 valence electrons. The van der Waals surface area contributed by atoms with Gasteiger partial charge in [-0.05, 0) is 12.1 Å². The highest BCUT2D eigenvalue weighted by Crippen LogP contribution is 2.28. The van der Waals surface area contributed by atoms with Gasteiger partial charge in [0.2, 0.25) is 0 Å². The van der Waals surface area contributed by atoms with Gasteiger partial charge in [0.05, 0.1) is 6.54 Å². The van der Waals surface area contributed by atoms with Crippen LogP contribution in [0.25, 0.3) is 0 Å². The van der Waals surface area contributed by atoms with E-state index < -0.39 is 30.0 Å². The monoisotopic (exact) mass is 211 g/mol. The van der Waals surface area contributed by atoms with Crippen LogP contribution in [0.3, 0.4) is 0 Å². The van der Waals surface area contributed by atoms with Crippen molar-refractivity contribution in [3.8, 4) is 11.5 Å². The molecule has 0 amide bonds. The number of carbonyl (C=O) groups is 2. The molecule has 0 fully saturated rings. The van der Waals surface area contributed by atoms with Crippen molar-refractivity contribution in [1.29, 1.82) is 0 Å². The number of carbonyl (C=O) groups excluding carboxylic acids is 2. The molecule has 0 saturated carbocycles. The van der Waals surface area contributed by atoms with E-state index in [1.165, 1.54) is 18.2 Å². The fraction of sp³-hybridized carbons (Fsp3) is 0.111. The molecule has 0 aliphatic heterocycles. The van der Waals surface area contributed by atoms with Gasteiger partial charge in [-0.25, -0.2) is 4.79 Å². The van der Waals surface area contributed by atoms with Crippen LogP contribution in [0.1, 0.15) is 10.4 Å². The van der Waals surface area contributed by atoms with Crippen LogP contribution >= 0.6 is 0 Å². The highest BCUT2D eigenvalue weighted by molar-refractivity contribution is 5.99. The summed E-state index contributed by atoms with van der Waals surface area (Å²) >= 11 is 0. The largest absolute Gasteiger partial charge is 0.504 e. The number of hydrogen-bond donors (Lipinski definition) is 3. The molecule has 1 aromatic carbocycles. The summed E-state index contributed by atoms with van der Waals surface area (Å²) in [5, 5.41) is 18.3. The molecule has 4 N–H and O–H groups in total. The maximum Gasteiger partial charge on any atom is 0.349 e. The number of ether oxygens (including phenoxy) is 1. The van der Waals surface area contributed by atoms with E-state index in [1.807, 2.05) is 0 Å². The Morgan fingerprint density at radius 2 is 2.00 bits per heavy atom. The van der Waals surface area contributed by atoms with E-state index in [0.717, 1.165) is 0 Å². The van der Waals surface area contributed by atoms with Crippen LogP contribution < -0.4 is 5.73 Å². The maximum atomic E-state index is 11.2. The number of hydrogen-bond acceptors (Lipinski definition) is 6. The average Bonchev–Trinajstić information content (AvgIpc) is 2.21. The van der Waals surface area contributed by atoms with E-state index in [0.29, 0.717) is 0 Å². The molecule has 1 aromatic rings. The molecule has 0 aliphatic carbocycles. The number of para-hydroxylation sites is 1. The van der Waals surface area contributed by atoms with Crippen LogP contribution in [0, 0.1) is 0 Å². The van der Waals surface area contributed by atoms with Gasteiger partial charge in [0.15, 0.2) is 11.5 Å². The van der Waals surface area contributed by atoms with Gasteiger partial charge in [-0.15, -0.1) is 0 Å². The van der Waals surface area contributed by atoms with Crippen molar-refractivity contribution in [1.82, 2.24) is 0 Å². The second kappa shape index (κ2) is 4.43. The summed E-state index contributed by atoms with van der Waals surface area (Å²) in [6.07, 6.45) is 0. The number of phenols is 2. The number of rotatable bonds is 2. The first kappa shape index (κ1) is 11.0. The van der Waals surface area contributed by atoms with Crippen molar-refractivity contribution in [2.75, 3.05) is 6.54 Å². The Morgan fingerprint density at radius 1 is 1.33 bits per heavy atom. The number of phenolic OH excluding ortho intramolecular Hbond substituents is 2. The first-order valence-corrected chi connectivity index (χ1v) is 4.02. The molecule has 0 heterocycles. The third-order valence-electron chi connectivity index (χ3n) is 1.61. The molecule has 0 bridgehead atoms. The molecule has 0 saturated heterocycles. The van der Waals surface area contributed by atoms with Crippen molar-refractivity contribution in [3.63, 3.8) is 0 Å². The fourth-order valence-corrected chi connectivity index (χ4v) is 0.896. The lowest BCUT2D eigenvalue weighted by atomic mass is 10.2. The Balaban J connectivity index is 2.92. The first-order valence-electron chi connectivity index (χ1n) is 4.02. The normalized spacial score (nSPS) is 9.67. The van der Waals surface area contributed by atoms with E-state index in [4.69, 9.17) is 10.8 Å². The standard InChI is InChI=1S/C9H9NO5/c10-4-7(12)15-9(14)5-2-1-3-6(11)8(5)13/h1-3,11,13H,4,10H2. The highest BCUT2D eigenvalue weighted by Gasteiger charge is 2.17. The van der Waals surface area contributed by atoms with Gasteiger partial charge >= 0.3 is 11.9 Å². The topological polar surface area (TPSA) is 110 Å². The van der Waals surface area contributed by atoms with Crippen LogP contribution in [0.15, 0.2) is 18.2 Å². The molecule has 15 heavy (non-hydrogen) atoms. The Kier molecular flexibility index (Phi) is 3.25. The highest BCUT2D eigenvalue weighted by atomic mass is 16.6. The van der Waals surface area contributed by atoms with Crippen LogP contribution in [0.2, 0.25) is 0 Å². The number of benzene rings is 1. The van der Waals surface area contributed by atoms with Crippen molar-refractivity contribution < 1.29 is 24.5 Å². The van der Waals surface area contributed by atoms with Crippen LogP contribution in [-0.4, -0.2) is 28.7 Å². The lowest BCUT2D eigenvalue weighted by Crippen LogP contribution is -2.20. The summed E-state index contributed by atoms with van der Waals surface area (Å²) < 4.78 is 4.25. The van der Waals surface area contributed by atoms with Crippen molar-refractivity contribution >= 4 is 11.9 Å². The zero-order chi connectivity index (χ0) is 11.4. The lowest BCUT2D eigenvalue weighted by Gasteiger charge is -2.04. The first-order chi connectivity index (χ1) is 7.06. The predicted octanol–water partition coefficient (Wildman–Crippen LogP) is -0.260. The number of nitrogens with two attached hydrogens (primary N) is 1. The Bertz CT molecular complexity index is 401. The van der Waals surface area contributed by atoms with Gasteiger partial charge in [-0.2, -0.15) is 0 Å². The molecule has 0 aromatic heterocycles. The Labute approximate surface area is 84.9 Å². The molecule has 0 radical (unpaired) electrons. The molecule has 0 atom stereocenters. The van der Waals surface area contributed by atoms with E-state index >= 15 is 0 Å². The van der Waals surface area contributed by atoms with Crippen molar-refractivity contribution in [3.05, 3.63) is 23.8 Å². The van der Waals surface area contributed by atoms with Crippen LogP contribution in [0.4, 0.5) is 0 Å². The average molecular weight is 211 g/mol. The SMILES string of the molecule is NCC(=O)OC(=O)c1cccc(O)c1O. The van der Waals surface area contributed by atoms with E-state index in [-0.39, 0.29) is 5.56 Å². The van der Waals surface area contributed by atoms with E-state index in [1.54, 1.807) is 0 Å². The van der Waals surface area contributed by atoms with Crippen molar-refractivity contribution in [2.45, 2.75) is 0 Å². The fourth-order valence-electron chi connectivity index (χ4n) is 0.896. The molecule has 0 spiro atoms. The minimum Gasteiger partial charge on any atom is -0.504 e. The zero-order valence-electron chi connectivity index (χ0n) is 7.64. The second-order valence-electron chi connectivity index (χ2n) is 2.64. The van der Waals surface area contributed by atoms with Crippen LogP contribution in [0.5, 0.6) is 11.5 Å². The van der Waals surface area contributed by atoms with Crippen molar-refractivity contribution in [2.24, 2.45) is 5.73 Å². The second-order valence-corrected chi connectivity index (χ2v) is 2.64. The third-order valence-corrected chi connectivity index (χ3v) is 1.61. The molecule has 6 nitrogen and oxygen atoms in total. The molecule has 0 unspecified atom stereocenters. The summed E-state index contributed by atoms with van der Waals surface area (Å²) in [6.45, 7) is -0.439. The molecule has 6 heteroatoms. The summed E-state index contributed by atoms with van der Waals surface area (Å²) in [6, 6.07) is 3.73. The van der Waals surface area contributed by atoms with Crippen LogP contribution in [-0.2, 0) is 9.53 Å². The molecular weight excluding hydrogens is 202 g/mol. The minimum atomic E-state index is -1.06. The zero-order valence-corrected chi connectivity index (χ0v) is 7.64. The Morgan fingerprint density at radius 3 is 2.60 bits per heavy atom. The summed E-state index contributed by atoms with van der Waals surface area (Å²) in [5.74, 6) is -3.07. The van der Waals surface area contributed by atoms with Gasteiger partial charge in [-0.1, -0.05) is 6.07 Å². The smallest absolute Gasteiger partial charge is 0.349 e. The lowest BCUT2D eigenvalue weighted by molar-refractivity contribution is -0.136. The summed E-state index contributed by atoms with van der Waals surface area (Å²) in [4.78, 5) is 21.9. The third kappa shape index (κ3) is 2.44. The minimum absolute atomic E-state index is 0.295.